The summed E-state index contributed by atoms with van der Waals surface area (Å²) in [7, 11) is 0. The number of aldehydes is 1. The smallest absolute Gasteiger partial charge is 0.153 e. The lowest BCUT2D eigenvalue weighted by atomic mass is 10.2. The molecule has 1 rings (SSSR count). The third kappa shape index (κ3) is 3.32. The van der Waals surface area contributed by atoms with Crippen LogP contribution >= 0.6 is 0 Å². The topological polar surface area (TPSA) is 35.5 Å². The van der Waals surface area contributed by atoms with Gasteiger partial charge in [-0.2, -0.15) is 0 Å². The minimum Gasteiger partial charge on any atom is -0.493 e. The van der Waals surface area contributed by atoms with Crippen molar-refractivity contribution in [2.45, 2.75) is 13.3 Å². The molecule has 0 fully saturated rings. The molecule has 1 aromatic rings. The summed E-state index contributed by atoms with van der Waals surface area (Å²) in [5.41, 5.74) is 0.515. The van der Waals surface area contributed by atoms with Gasteiger partial charge in [-0.25, -0.2) is 0 Å². The Morgan fingerprint density at radius 1 is 1.44 bits per heavy atom. The van der Waals surface area contributed by atoms with E-state index in [1.165, 1.54) is 0 Å². The Morgan fingerprint density at radius 3 is 2.88 bits per heavy atom. The van der Waals surface area contributed by atoms with Gasteiger partial charge >= 0.3 is 0 Å². The van der Waals surface area contributed by atoms with Crippen molar-refractivity contribution in [3.63, 3.8) is 0 Å². The van der Waals surface area contributed by atoms with Gasteiger partial charge in [-0.15, -0.1) is 6.42 Å². The van der Waals surface area contributed by atoms with Gasteiger partial charge in [-0.3, -0.25) is 4.79 Å². The number of carbonyl (C=O) groups excluding carboxylic acids is 1. The molecule has 0 aliphatic rings. The first kappa shape index (κ1) is 12.1. The van der Waals surface area contributed by atoms with Crippen LogP contribution in [0.15, 0.2) is 18.2 Å². The van der Waals surface area contributed by atoms with Crippen LogP contribution in [0.25, 0.3) is 0 Å². The van der Waals surface area contributed by atoms with Crippen LogP contribution in [0.4, 0.5) is 0 Å². The van der Waals surface area contributed by atoms with Crippen LogP contribution in [0.1, 0.15) is 23.7 Å². The van der Waals surface area contributed by atoms with Crippen molar-refractivity contribution in [1.29, 1.82) is 0 Å². The quantitative estimate of drug-likeness (QED) is 0.543. The molecule has 84 valence electrons. The van der Waals surface area contributed by atoms with E-state index in [0.717, 1.165) is 12.7 Å². The molecule has 0 amide bonds. The van der Waals surface area contributed by atoms with Crippen molar-refractivity contribution in [3.05, 3.63) is 23.8 Å². The second-order valence-electron chi connectivity index (χ2n) is 3.16. The molecule has 0 spiro atoms. The Morgan fingerprint density at radius 2 is 2.25 bits per heavy atom. The van der Waals surface area contributed by atoms with Crippen LogP contribution in [-0.4, -0.2) is 19.5 Å². The molecule has 0 atom stereocenters. The van der Waals surface area contributed by atoms with E-state index in [0.29, 0.717) is 23.7 Å². The normalized spacial score (nSPS) is 9.25. The standard InChI is InChI=1S/C13H14O3/c1-3-7-15-12-6-5-11(10-14)13(9-12)16-8-4-2/h1,5-6,9-10H,4,7-8H2,2H3. The molecular formula is C13H14O3. The molecule has 0 N–H and O–H groups in total. The van der Waals surface area contributed by atoms with Gasteiger partial charge in [0, 0.05) is 6.07 Å². The summed E-state index contributed by atoms with van der Waals surface area (Å²) in [6.07, 6.45) is 6.73. The first-order chi connectivity index (χ1) is 7.81. The number of benzene rings is 1. The molecule has 0 radical (unpaired) electrons. The molecule has 0 heterocycles. The average molecular weight is 218 g/mol. The molecule has 1 aromatic carbocycles. The Balaban J connectivity index is 2.83. The molecule has 16 heavy (non-hydrogen) atoms. The van der Waals surface area contributed by atoms with E-state index >= 15 is 0 Å². The predicted octanol–water partition coefficient (Wildman–Crippen LogP) is 2.30. The Bertz CT molecular complexity index is 391. The number of carbonyl (C=O) groups is 1. The molecule has 3 heteroatoms. The van der Waals surface area contributed by atoms with Gasteiger partial charge in [0.05, 0.1) is 12.2 Å². The summed E-state index contributed by atoms with van der Waals surface area (Å²) in [6, 6.07) is 5.03. The van der Waals surface area contributed by atoms with E-state index in [-0.39, 0.29) is 6.61 Å². The van der Waals surface area contributed by atoms with E-state index in [1.807, 2.05) is 6.92 Å². The zero-order chi connectivity index (χ0) is 11.8. The van der Waals surface area contributed by atoms with Crippen molar-refractivity contribution in [3.8, 4) is 23.8 Å². The average Bonchev–Trinajstić information content (AvgIpc) is 2.33. The summed E-state index contributed by atoms with van der Waals surface area (Å²) in [4.78, 5) is 10.8. The van der Waals surface area contributed by atoms with Crippen LogP contribution in [0.3, 0.4) is 0 Å². The second-order valence-corrected chi connectivity index (χ2v) is 3.16. The van der Waals surface area contributed by atoms with Crippen LogP contribution in [0.5, 0.6) is 11.5 Å². The van der Waals surface area contributed by atoms with Crippen LogP contribution in [-0.2, 0) is 0 Å². The zero-order valence-electron chi connectivity index (χ0n) is 9.23. The third-order valence-corrected chi connectivity index (χ3v) is 1.90. The Labute approximate surface area is 95.4 Å². The molecular weight excluding hydrogens is 204 g/mol. The molecule has 0 aromatic heterocycles. The minimum absolute atomic E-state index is 0.202. The highest BCUT2D eigenvalue weighted by molar-refractivity contribution is 5.79. The number of rotatable bonds is 6. The lowest BCUT2D eigenvalue weighted by molar-refractivity contribution is 0.111. The van der Waals surface area contributed by atoms with Crippen molar-refractivity contribution in [2.75, 3.05) is 13.2 Å². The first-order valence-corrected chi connectivity index (χ1v) is 5.10. The highest BCUT2D eigenvalue weighted by Gasteiger charge is 2.04. The lowest BCUT2D eigenvalue weighted by Crippen LogP contribution is -2.00. The van der Waals surface area contributed by atoms with Crippen molar-refractivity contribution in [2.24, 2.45) is 0 Å². The van der Waals surface area contributed by atoms with E-state index in [1.54, 1.807) is 18.2 Å². The summed E-state index contributed by atoms with van der Waals surface area (Å²) in [5.74, 6) is 3.51. The summed E-state index contributed by atoms with van der Waals surface area (Å²) in [6.45, 7) is 2.77. The monoisotopic (exact) mass is 218 g/mol. The van der Waals surface area contributed by atoms with Gasteiger partial charge in [0.2, 0.25) is 0 Å². The Kier molecular flexibility index (Phi) is 4.94. The molecule has 3 nitrogen and oxygen atoms in total. The number of hydrogen-bond acceptors (Lipinski definition) is 3. The van der Waals surface area contributed by atoms with Gasteiger partial charge < -0.3 is 9.47 Å². The maximum absolute atomic E-state index is 10.8. The number of ether oxygens (including phenoxy) is 2. The highest BCUT2D eigenvalue weighted by atomic mass is 16.5. The molecule has 0 saturated heterocycles. The first-order valence-electron chi connectivity index (χ1n) is 5.10. The summed E-state index contributed by atoms with van der Waals surface area (Å²) >= 11 is 0. The van der Waals surface area contributed by atoms with Gasteiger partial charge in [-0.1, -0.05) is 12.8 Å². The third-order valence-electron chi connectivity index (χ3n) is 1.90. The van der Waals surface area contributed by atoms with E-state index in [9.17, 15) is 4.79 Å². The molecule has 0 aliphatic heterocycles. The SMILES string of the molecule is C#CCOc1ccc(C=O)c(OCCC)c1. The summed E-state index contributed by atoms with van der Waals surface area (Å²) in [5, 5.41) is 0. The van der Waals surface area contributed by atoms with E-state index in [4.69, 9.17) is 15.9 Å². The van der Waals surface area contributed by atoms with Crippen molar-refractivity contribution >= 4 is 6.29 Å². The van der Waals surface area contributed by atoms with Crippen molar-refractivity contribution < 1.29 is 14.3 Å². The Hall–Kier alpha value is -1.95. The molecule has 0 unspecified atom stereocenters. The molecule has 0 bridgehead atoms. The summed E-state index contributed by atoms with van der Waals surface area (Å²) < 4.78 is 10.7. The zero-order valence-corrected chi connectivity index (χ0v) is 9.23. The van der Waals surface area contributed by atoms with Gasteiger partial charge in [0.25, 0.3) is 0 Å². The van der Waals surface area contributed by atoms with Gasteiger partial charge in [0.1, 0.15) is 18.1 Å². The fraction of sp³-hybridized carbons (Fsp3) is 0.308. The minimum atomic E-state index is 0.202. The molecule has 0 saturated carbocycles. The van der Waals surface area contributed by atoms with Crippen LogP contribution in [0, 0.1) is 12.3 Å². The maximum atomic E-state index is 10.8. The highest BCUT2D eigenvalue weighted by Crippen LogP contribution is 2.23. The van der Waals surface area contributed by atoms with Crippen LogP contribution < -0.4 is 9.47 Å². The van der Waals surface area contributed by atoms with Crippen LogP contribution in [0.2, 0.25) is 0 Å². The predicted molar refractivity (Wildman–Crippen MR) is 61.9 cm³/mol. The lowest BCUT2D eigenvalue weighted by Gasteiger charge is -2.09. The maximum Gasteiger partial charge on any atom is 0.153 e. The van der Waals surface area contributed by atoms with E-state index < -0.39 is 0 Å². The number of terminal acetylenes is 1. The molecule has 0 aliphatic carbocycles. The fourth-order valence-corrected chi connectivity index (χ4v) is 1.16. The number of hydrogen-bond donors (Lipinski definition) is 0. The largest absolute Gasteiger partial charge is 0.493 e. The van der Waals surface area contributed by atoms with E-state index in [2.05, 4.69) is 5.92 Å². The second kappa shape index (κ2) is 6.52. The van der Waals surface area contributed by atoms with Crippen molar-refractivity contribution in [1.82, 2.24) is 0 Å². The fourth-order valence-electron chi connectivity index (χ4n) is 1.16. The van der Waals surface area contributed by atoms with Gasteiger partial charge in [0.15, 0.2) is 6.29 Å². The van der Waals surface area contributed by atoms with Gasteiger partial charge in [-0.05, 0) is 18.6 Å².